The summed E-state index contributed by atoms with van der Waals surface area (Å²) in [5.74, 6) is 0.0208. The van der Waals surface area contributed by atoms with Crippen LogP contribution in [0.5, 0.6) is 0 Å². The molecule has 0 saturated carbocycles. The number of hydrogen-bond acceptors (Lipinski definition) is 1. The molecule has 3 nitrogen and oxygen atoms in total. The third kappa shape index (κ3) is 4.27. The number of halogens is 1. The maximum Gasteiger partial charge on any atom is 0.222 e. The zero-order valence-corrected chi connectivity index (χ0v) is 14.0. The molecule has 0 radical (unpaired) electrons. The van der Waals surface area contributed by atoms with E-state index in [1.807, 2.05) is 67.0 Å². The largest absolute Gasteiger partial charge is 0.352 e. The first-order valence-electron chi connectivity index (χ1n) is 7.91. The SMILES string of the molecule is O=C(C[C@@H](c1ccccc1)n1cccc1)NCc1ccc(Cl)cc1. The molecule has 0 bridgehead atoms. The van der Waals surface area contributed by atoms with Crippen molar-refractivity contribution in [3.05, 3.63) is 95.3 Å². The summed E-state index contributed by atoms with van der Waals surface area (Å²) in [7, 11) is 0. The number of carbonyl (C=O) groups is 1. The number of rotatable bonds is 6. The maximum atomic E-state index is 12.4. The van der Waals surface area contributed by atoms with E-state index >= 15 is 0 Å². The lowest BCUT2D eigenvalue weighted by atomic mass is 10.0. The molecule has 1 N–H and O–H groups in total. The summed E-state index contributed by atoms with van der Waals surface area (Å²) in [4.78, 5) is 12.4. The van der Waals surface area contributed by atoms with Crippen molar-refractivity contribution in [3.63, 3.8) is 0 Å². The number of carbonyl (C=O) groups excluding carboxylic acids is 1. The van der Waals surface area contributed by atoms with Crippen molar-refractivity contribution < 1.29 is 4.79 Å². The minimum absolute atomic E-state index is 0.00795. The van der Waals surface area contributed by atoms with Crippen molar-refractivity contribution in [2.24, 2.45) is 0 Å². The van der Waals surface area contributed by atoms with Crippen LogP contribution in [-0.4, -0.2) is 10.5 Å². The topological polar surface area (TPSA) is 34.0 Å². The van der Waals surface area contributed by atoms with Crippen LogP contribution in [0.4, 0.5) is 0 Å². The smallest absolute Gasteiger partial charge is 0.222 e. The van der Waals surface area contributed by atoms with E-state index in [0.717, 1.165) is 11.1 Å². The van der Waals surface area contributed by atoms with E-state index < -0.39 is 0 Å². The highest BCUT2D eigenvalue weighted by Gasteiger charge is 2.16. The van der Waals surface area contributed by atoms with Crippen LogP contribution in [-0.2, 0) is 11.3 Å². The number of amides is 1. The van der Waals surface area contributed by atoms with Gasteiger partial charge in [-0.25, -0.2) is 0 Å². The molecule has 1 atom stereocenters. The molecule has 0 aliphatic heterocycles. The van der Waals surface area contributed by atoms with Crippen LogP contribution in [0.3, 0.4) is 0 Å². The third-order valence-electron chi connectivity index (χ3n) is 3.95. The zero-order valence-electron chi connectivity index (χ0n) is 13.2. The Kier molecular flexibility index (Phi) is 5.34. The lowest BCUT2D eigenvalue weighted by molar-refractivity contribution is -0.121. The van der Waals surface area contributed by atoms with Gasteiger partial charge in [-0.1, -0.05) is 54.1 Å². The Balaban J connectivity index is 1.66. The first kappa shape index (κ1) is 16.3. The molecule has 1 aromatic heterocycles. The van der Waals surface area contributed by atoms with Crippen molar-refractivity contribution in [1.29, 1.82) is 0 Å². The number of nitrogens with zero attached hydrogens (tertiary/aromatic N) is 1. The molecule has 1 amide bonds. The molecule has 4 heteroatoms. The van der Waals surface area contributed by atoms with Gasteiger partial charge in [0.1, 0.15) is 0 Å². The molecule has 122 valence electrons. The Labute approximate surface area is 146 Å². The van der Waals surface area contributed by atoms with Crippen LogP contribution >= 0.6 is 11.6 Å². The van der Waals surface area contributed by atoms with Crippen molar-refractivity contribution in [1.82, 2.24) is 9.88 Å². The molecule has 0 spiro atoms. The van der Waals surface area contributed by atoms with Gasteiger partial charge >= 0.3 is 0 Å². The van der Waals surface area contributed by atoms with E-state index in [4.69, 9.17) is 11.6 Å². The first-order chi connectivity index (χ1) is 11.7. The highest BCUT2D eigenvalue weighted by Crippen LogP contribution is 2.22. The van der Waals surface area contributed by atoms with Gasteiger partial charge in [0.2, 0.25) is 5.91 Å². The predicted octanol–water partition coefficient (Wildman–Crippen LogP) is 4.44. The predicted molar refractivity (Wildman–Crippen MR) is 96.9 cm³/mol. The summed E-state index contributed by atoms with van der Waals surface area (Å²) in [5.41, 5.74) is 2.15. The van der Waals surface area contributed by atoms with Crippen LogP contribution in [0.1, 0.15) is 23.6 Å². The summed E-state index contributed by atoms with van der Waals surface area (Å²) >= 11 is 5.88. The average Bonchev–Trinajstić information content (AvgIpc) is 3.14. The number of aromatic nitrogens is 1. The van der Waals surface area contributed by atoms with Crippen LogP contribution < -0.4 is 5.32 Å². The molecule has 0 aliphatic rings. The van der Waals surface area contributed by atoms with E-state index in [9.17, 15) is 4.79 Å². The molecule has 0 aliphatic carbocycles. The molecule has 2 aromatic carbocycles. The van der Waals surface area contributed by atoms with Gasteiger partial charge < -0.3 is 9.88 Å². The minimum Gasteiger partial charge on any atom is -0.352 e. The van der Waals surface area contributed by atoms with E-state index in [-0.39, 0.29) is 11.9 Å². The van der Waals surface area contributed by atoms with Gasteiger partial charge in [0.05, 0.1) is 12.5 Å². The molecule has 3 aromatic rings. The molecule has 1 heterocycles. The Morgan fingerprint density at radius 1 is 0.958 bits per heavy atom. The minimum atomic E-state index is -0.00795. The molecule has 0 saturated heterocycles. The summed E-state index contributed by atoms with van der Waals surface area (Å²) in [6.45, 7) is 0.503. The lowest BCUT2D eigenvalue weighted by Gasteiger charge is -2.19. The summed E-state index contributed by atoms with van der Waals surface area (Å²) < 4.78 is 2.07. The summed E-state index contributed by atoms with van der Waals surface area (Å²) in [6.07, 6.45) is 4.38. The second kappa shape index (κ2) is 7.84. The first-order valence-corrected chi connectivity index (χ1v) is 8.29. The van der Waals surface area contributed by atoms with Crippen LogP contribution in [0, 0.1) is 0 Å². The summed E-state index contributed by atoms with van der Waals surface area (Å²) in [5, 5.41) is 3.68. The van der Waals surface area contributed by atoms with Crippen molar-refractivity contribution in [2.45, 2.75) is 19.0 Å². The quantitative estimate of drug-likeness (QED) is 0.708. The molecule has 0 fully saturated rings. The Bertz CT molecular complexity index is 767. The fourth-order valence-corrected chi connectivity index (χ4v) is 2.80. The monoisotopic (exact) mass is 338 g/mol. The van der Waals surface area contributed by atoms with E-state index in [1.165, 1.54) is 0 Å². The van der Waals surface area contributed by atoms with Crippen LogP contribution in [0.25, 0.3) is 0 Å². The number of hydrogen-bond donors (Lipinski definition) is 1. The standard InChI is InChI=1S/C20H19ClN2O/c21-18-10-8-16(9-11-18)15-22-20(24)14-19(23-12-4-5-13-23)17-6-2-1-3-7-17/h1-13,19H,14-15H2,(H,22,24)/t19-/m0/s1. The van der Waals surface area contributed by atoms with Gasteiger partial charge in [-0.05, 0) is 35.4 Å². The van der Waals surface area contributed by atoms with E-state index in [2.05, 4.69) is 22.0 Å². The maximum absolute atomic E-state index is 12.4. The molecular formula is C20H19ClN2O. The van der Waals surface area contributed by atoms with Gasteiger partial charge in [-0.3, -0.25) is 4.79 Å². The lowest BCUT2D eigenvalue weighted by Crippen LogP contribution is -2.26. The van der Waals surface area contributed by atoms with Crippen LogP contribution in [0.15, 0.2) is 79.1 Å². The van der Waals surface area contributed by atoms with Gasteiger partial charge in [0.25, 0.3) is 0 Å². The number of benzene rings is 2. The van der Waals surface area contributed by atoms with Gasteiger partial charge in [0, 0.05) is 24.0 Å². The van der Waals surface area contributed by atoms with Crippen molar-refractivity contribution in [3.8, 4) is 0 Å². The third-order valence-corrected chi connectivity index (χ3v) is 4.21. The zero-order chi connectivity index (χ0) is 16.8. The summed E-state index contributed by atoms with van der Waals surface area (Å²) in [6, 6.07) is 21.5. The van der Waals surface area contributed by atoms with E-state index in [1.54, 1.807) is 0 Å². The molecular weight excluding hydrogens is 320 g/mol. The number of nitrogens with one attached hydrogen (secondary N) is 1. The molecule has 0 unspecified atom stereocenters. The average molecular weight is 339 g/mol. The normalized spacial score (nSPS) is 11.9. The van der Waals surface area contributed by atoms with Crippen LogP contribution in [0.2, 0.25) is 5.02 Å². The van der Waals surface area contributed by atoms with Gasteiger partial charge in [-0.2, -0.15) is 0 Å². The van der Waals surface area contributed by atoms with Gasteiger partial charge in [-0.15, -0.1) is 0 Å². The Morgan fingerprint density at radius 2 is 1.62 bits per heavy atom. The fraction of sp³-hybridized carbons (Fsp3) is 0.150. The van der Waals surface area contributed by atoms with Gasteiger partial charge in [0.15, 0.2) is 0 Å². The van der Waals surface area contributed by atoms with Crippen molar-refractivity contribution in [2.75, 3.05) is 0 Å². The molecule has 24 heavy (non-hydrogen) atoms. The fourth-order valence-electron chi connectivity index (χ4n) is 2.68. The second-order valence-electron chi connectivity index (χ2n) is 5.66. The highest BCUT2D eigenvalue weighted by atomic mass is 35.5. The van der Waals surface area contributed by atoms with Crippen molar-refractivity contribution >= 4 is 17.5 Å². The highest BCUT2D eigenvalue weighted by molar-refractivity contribution is 6.30. The second-order valence-corrected chi connectivity index (χ2v) is 6.10. The molecule has 3 rings (SSSR count). The Hall–Kier alpha value is -2.52. The van der Waals surface area contributed by atoms with E-state index in [0.29, 0.717) is 18.0 Å². The Morgan fingerprint density at radius 3 is 2.29 bits per heavy atom.